The highest BCUT2D eigenvalue weighted by atomic mass is 15.3. The molecule has 5 nitrogen and oxygen atoms in total. The lowest BCUT2D eigenvalue weighted by Crippen LogP contribution is -2.45. The zero-order chi connectivity index (χ0) is 21.8. The van der Waals surface area contributed by atoms with Crippen molar-refractivity contribution >= 4 is 0 Å². The third-order valence-electron chi connectivity index (χ3n) is 6.90. The van der Waals surface area contributed by atoms with Crippen LogP contribution in [0, 0.1) is 0 Å². The molecule has 1 aliphatic carbocycles. The molecule has 2 aromatic rings. The topological polar surface area (TPSA) is 43.4 Å². The lowest BCUT2D eigenvalue weighted by molar-refractivity contribution is 0.121. The van der Waals surface area contributed by atoms with Crippen molar-refractivity contribution in [1.29, 1.82) is 0 Å². The number of pyridine rings is 1. The Bertz CT molecular complexity index is 749. The van der Waals surface area contributed by atoms with E-state index < -0.39 is 0 Å². The second kappa shape index (κ2) is 13.0. The summed E-state index contributed by atoms with van der Waals surface area (Å²) in [4.78, 5) is 9.54. The van der Waals surface area contributed by atoms with Crippen molar-refractivity contribution in [2.75, 3.05) is 39.3 Å². The number of piperazine rings is 1. The standard InChI is InChI=1S/C27H41N5/c1-2-7-26(8-3-1)29-16-6-14-28-21-24-10-12-25(13-11-24)22-31-17-19-32(20-18-31)23-27-9-4-5-15-30-27/h4-5,9-13,15,26,28-29H,1-3,6-8,14,16-23H2. The molecule has 0 amide bonds. The van der Waals surface area contributed by atoms with Crippen molar-refractivity contribution in [2.24, 2.45) is 0 Å². The average molecular weight is 436 g/mol. The van der Waals surface area contributed by atoms with Crippen molar-refractivity contribution in [3.63, 3.8) is 0 Å². The second-order valence-corrected chi connectivity index (χ2v) is 9.51. The van der Waals surface area contributed by atoms with Gasteiger partial charge in [0.25, 0.3) is 0 Å². The Hall–Kier alpha value is -1.79. The first-order chi connectivity index (χ1) is 15.8. The third kappa shape index (κ3) is 7.96. The van der Waals surface area contributed by atoms with Crippen molar-refractivity contribution in [3.05, 3.63) is 65.5 Å². The van der Waals surface area contributed by atoms with Crippen LogP contribution >= 0.6 is 0 Å². The molecule has 174 valence electrons. The summed E-state index contributed by atoms with van der Waals surface area (Å²) < 4.78 is 0. The predicted molar refractivity (Wildman–Crippen MR) is 132 cm³/mol. The Morgan fingerprint density at radius 3 is 2.22 bits per heavy atom. The molecule has 1 saturated heterocycles. The fraction of sp³-hybridized carbons (Fsp3) is 0.593. The molecule has 0 atom stereocenters. The number of nitrogens with one attached hydrogen (secondary N) is 2. The molecule has 2 fully saturated rings. The predicted octanol–water partition coefficient (Wildman–Crippen LogP) is 3.80. The molecule has 0 spiro atoms. The summed E-state index contributed by atoms with van der Waals surface area (Å²) in [6.45, 7) is 9.72. The molecule has 2 N–H and O–H groups in total. The monoisotopic (exact) mass is 435 g/mol. The van der Waals surface area contributed by atoms with Crippen molar-refractivity contribution in [1.82, 2.24) is 25.4 Å². The summed E-state index contributed by atoms with van der Waals surface area (Å²) in [5.74, 6) is 0. The van der Waals surface area contributed by atoms with Crippen LogP contribution in [0.2, 0.25) is 0 Å². The van der Waals surface area contributed by atoms with E-state index in [1.165, 1.54) is 55.3 Å². The minimum absolute atomic E-state index is 0.778. The van der Waals surface area contributed by atoms with E-state index in [1.54, 1.807) is 0 Å². The number of hydrogen-bond acceptors (Lipinski definition) is 5. The van der Waals surface area contributed by atoms with Gasteiger partial charge in [0, 0.05) is 58.1 Å². The minimum Gasteiger partial charge on any atom is -0.314 e. The molecule has 5 heteroatoms. The van der Waals surface area contributed by atoms with Crippen LogP contribution in [0.4, 0.5) is 0 Å². The molecule has 1 aromatic carbocycles. The molecule has 1 aromatic heterocycles. The van der Waals surface area contributed by atoms with E-state index in [2.05, 4.69) is 61.8 Å². The third-order valence-corrected chi connectivity index (χ3v) is 6.90. The Labute approximate surface area is 194 Å². The first-order valence-corrected chi connectivity index (χ1v) is 12.7. The summed E-state index contributed by atoms with van der Waals surface area (Å²) in [7, 11) is 0. The van der Waals surface area contributed by atoms with E-state index in [0.29, 0.717) is 0 Å². The van der Waals surface area contributed by atoms with Gasteiger partial charge in [-0.3, -0.25) is 14.8 Å². The van der Waals surface area contributed by atoms with Gasteiger partial charge in [0.05, 0.1) is 5.69 Å². The maximum Gasteiger partial charge on any atom is 0.0543 e. The largest absolute Gasteiger partial charge is 0.314 e. The number of aromatic nitrogens is 1. The molecule has 0 unspecified atom stereocenters. The Morgan fingerprint density at radius 1 is 0.781 bits per heavy atom. The average Bonchev–Trinajstić information content (AvgIpc) is 2.85. The van der Waals surface area contributed by atoms with Crippen LogP contribution < -0.4 is 10.6 Å². The fourth-order valence-electron chi connectivity index (χ4n) is 4.91. The van der Waals surface area contributed by atoms with Crippen molar-refractivity contribution < 1.29 is 0 Å². The molecular weight excluding hydrogens is 394 g/mol. The van der Waals surface area contributed by atoms with Crippen LogP contribution in [0.3, 0.4) is 0 Å². The summed E-state index contributed by atoms with van der Waals surface area (Å²) in [6.07, 6.45) is 10.1. The van der Waals surface area contributed by atoms with Crippen molar-refractivity contribution in [2.45, 2.75) is 64.2 Å². The molecule has 2 heterocycles. The van der Waals surface area contributed by atoms with Crippen LogP contribution in [0.25, 0.3) is 0 Å². The van der Waals surface area contributed by atoms with Gasteiger partial charge in [-0.25, -0.2) is 0 Å². The lowest BCUT2D eigenvalue weighted by atomic mass is 9.95. The minimum atomic E-state index is 0.778. The van der Waals surface area contributed by atoms with Gasteiger partial charge < -0.3 is 10.6 Å². The Balaban J connectivity index is 1.07. The second-order valence-electron chi connectivity index (χ2n) is 9.51. The van der Waals surface area contributed by atoms with Crippen molar-refractivity contribution in [3.8, 4) is 0 Å². The zero-order valence-corrected chi connectivity index (χ0v) is 19.6. The zero-order valence-electron chi connectivity index (χ0n) is 19.6. The van der Waals surface area contributed by atoms with E-state index in [0.717, 1.165) is 64.9 Å². The molecule has 32 heavy (non-hydrogen) atoms. The van der Waals surface area contributed by atoms with E-state index in [-0.39, 0.29) is 0 Å². The smallest absolute Gasteiger partial charge is 0.0543 e. The van der Waals surface area contributed by atoms with Crippen LogP contribution in [-0.2, 0) is 19.6 Å². The summed E-state index contributed by atoms with van der Waals surface area (Å²) >= 11 is 0. The van der Waals surface area contributed by atoms with E-state index in [4.69, 9.17) is 0 Å². The quantitative estimate of drug-likeness (QED) is 0.526. The van der Waals surface area contributed by atoms with Crippen LogP contribution in [-0.4, -0.2) is 60.1 Å². The van der Waals surface area contributed by atoms with Gasteiger partial charge >= 0.3 is 0 Å². The molecule has 1 aliphatic heterocycles. The van der Waals surface area contributed by atoms with Gasteiger partial charge in [-0.2, -0.15) is 0 Å². The number of rotatable bonds is 11. The maximum atomic E-state index is 4.46. The van der Waals surface area contributed by atoms with Gasteiger partial charge in [0.15, 0.2) is 0 Å². The Kier molecular flexibility index (Phi) is 9.53. The summed E-state index contributed by atoms with van der Waals surface area (Å²) in [6, 6.07) is 16.2. The fourth-order valence-corrected chi connectivity index (χ4v) is 4.91. The first kappa shape index (κ1) is 23.4. The summed E-state index contributed by atoms with van der Waals surface area (Å²) in [5, 5.41) is 7.33. The Morgan fingerprint density at radius 2 is 1.50 bits per heavy atom. The molecule has 2 aliphatic rings. The van der Waals surface area contributed by atoms with Gasteiger partial charge in [0.2, 0.25) is 0 Å². The number of nitrogens with zero attached hydrogens (tertiary/aromatic N) is 3. The van der Waals surface area contributed by atoms with E-state index in [1.807, 2.05) is 12.3 Å². The molecule has 0 bridgehead atoms. The van der Waals surface area contributed by atoms with Gasteiger partial charge in [-0.15, -0.1) is 0 Å². The highest BCUT2D eigenvalue weighted by Gasteiger charge is 2.17. The molecule has 1 saturated carbocycles. The van der Waals surface area contributed by atoms with Crippen LogP contribution in [0.5, 0.6) is 0 Å². The van der Waals surface area contributed by atoms with Gasteiger partial charge in [-0.1, -0.05) is 49.6 Å². The number of hydrogen-bond donors (Lipinski definition) is 2. The van der Waals surface area contributed by atoms with E-state index in [9.17, 15) is 0 Å². The molecule has 0 radical (unpaired) electrons. The highest BCUT2D eigenvalue weighted by Crippen LogP contribution is 2.17. The van der Waals surface area contributed by atoms with Gasteiger partial charge in [0.1, 0.15) is 0 Å². The number of benzene rings is 1. The molecule has 4 rings (SSSR count). The highest BCUT2D eigenvalue weighted by molar-refractivity contribution is 5.22. The lowest BCUT2D eigenvalue weighted by Gasteiger charge is -2.34. The summed E-state index contributed by atoms with van der Waals surface area (Å²) in [5.41, 5.74) is 3.98. The SMILES string of the molecule is c1ccc(CN2CCN(Cc3ccc(CNCCCNC4CCCCC4)cc3)CC2)nc1. The van der Waals surface area contributed by atoms with Gasteiger partial charge in [-0.05, 0) is 55.6 Å². The maximum absolute atomic E-state index is 4.46. The van der Waals surface area contributed by atoms with E-state index >= 15 is 0 Å². The van der Waals surface area contributed by atoms with Crippen LogP contribution in [0.1, 0.15) is 55.3 Å². The van der Waals surface area contributed by atoms with Crippen LogP contribution in [0.15, 0.2) is 48.7 Å². The first-order valence-electron chi connectivity index (χ1n) is 12.7. The normalized spacial score (nSPS) is 18.8. The molecular formula is C27H41N5.